The molecule has 0 saturated carbocycles. The summed E-state index contributed by atoms with van der Waals surface area (Å²) in [6.07, 6.45) is 0. The molecular weight excluding hydrogens is 316 g/mol. The molecule has 0 unspecified atom stereocenters. The monoisotopic (exact) mass is 336 g/mol. The van der Waals surface area contributed by atoms with Crippen LogP contribution in [-0.4, -0.2) is 36.1 Å². The van der Waals surface area contributed by atoms with E-state index in [9.17, 15) is 14.4 Å². The Morgan fingerprint density at radius 3 is 2.83 bits per heavy atom. The van der Waals surface area contributed by atoms with Gasteiger partial charge in [0.15, 0.2) is 0 Å². The second kappa shape index (κ2) is 7.47. The van der Waals surface area contributed by atoms with Gasteiger partial charge in [0, 0.05) is 10.6 Å². The van der Waals surface area contributed by atoms with E-state index in [-0.39, 0.29) is 30.2 Å². The Balaban J connectivity index is 1.90. The minimum atomic E-state index is -0.640. The topological polar surface area (TPSA) is 113 Å². The fraction of sp³-hybridized carbons (Fsp3) is 0.400. The minimum Gasteiger partial charge on any atom is -0.346 e. The van der Waals surface area contributed by atoms with Crippen molar-refractivity contribution < 1.29 is 14.4 Å². The Hall–Kier alpha value is -2.06. The van der Waals surface area contributed by atoms with Crippen LogP contribution in [0.2, 0.25) is 0 Å². The summed E-state index contributed by atoms with van der Waals surface area (Å²) in [6.45, 7) is 3.52. The van der Waals surface area contributed by atoms with Crippen molar-refractivity contribution in [3.63, 3.8) is 0 Å². The number of hydrogen-bond donors (Lipinski definition) is 4. The van der Waals surface area contributed by atoms with Crippen LogP contribution in [0.25, 0.3) is 0 Å². The molecule has 2 rings (SSSR count). The zero-order valence-electron chi connectivity index (χ0n) is 13.0. The number of thioether (sulfide) groups is 1. The lowest BCUT2D eigenvalue weighted by molar-refractivity contribution is -0.125. The smallest absolute Gasteiger partial charge is 0.243 e. The van der Waals surface area contributed by atoms with Gasteiger partial charge >= 0.3 is 0 Å². The van der Waals surface area contributed by atoms with Gasteiger partial charge in [0.1, 0.15) is 0 Å². The van der Waals surface area contributed by atoms with E-state index >= 15 is 0 Å². The molecule has 1 heterocycles. The SMILES string of the molecule is CC(C)[C@H](N)C(=O)NCC(=O)Nc1ccc2c(c1)NC(=O)CS2. The molecule has 23 heavy (non-hydrogen) atoms. The fourth-order valence-electron chi connectivity index (χ4n) is 1.95. The van der Waals surface area contributed by atoms with Gasteiger partial charge in [0.05, 0.1) is 24.0 Å². The van der Waals surface area contributed by atoms with Crippen LogP contribution in [0.1, 0.15) is 13.8 Å². The molecule has 0 fully saturated rings. The summed E-state index contributed by atoms with van der Waals surface area (Å²) in [7, 11) is 0. The molecule has 0 saturated heterocycles. The largest absolute Gasteiger partial charge is 0.346 e. The van der Waals surface area contributed by atoms with Gasteiger partial charge in [0.2, 0.25) is 17.7 Å². The standard InChI is InChI=1S/C15H20N4O3S/c1-8(2)14(16)15(22)17-6-12(20)18-9-3-4-11-10(5-9)19-13(21)7-23-11/h3-5,8,14H,6-7,16H2,1-2H3,(H,17,22)(H,18,20)(H,19,21)/t14-/m0/s1. The van der Waals surface area contributed by atoms with Crippen LogP contribution < -0.4 is 21.7 Å². The summed E-state index contributed by atoms with van der Waals surface area (Å²) in [5.74, 6) is -0.394. The third-order valence-electron chi connectivity index (χ3n) is 3.34. The highest BCUT2D eigenvalue weighted by Crippen LogP contribution is 2.33. The number of nitrogens with one attached hydrogen (secondary N) is 3. The summed E-state index contributed by atoms with van der Waals surface area (Å²) in [5.41, 5.74) is 6.93. The molecule has 0 bridgehead atoms. The molecule has 124 valence electrons. The average Bonchev–Trinajstić information content (AvgIpc) is 2.51. The van der Waals surface area contributed by atoms with E-state index in [0.29, 0.717) is 17.1 Å². The maximum atomic E-state index is 11.9. The van der Waals surface area contributed by atoms with E-state index < -0.39 is 6.04 Å². The first-order valence-electron chi connectivity index (χ1n) is 7.26. The molecule has 0 aliphatic carbocycles. The lowest BCUT2D eigenvalue weighted by Crippen LogP contribution is -2.46. The van der Waals surface area contributed by atoms with Crippen LogP contribution in [0.5, 0.6) is 0 Å². The van der Waals surface area contributed by atoms with Gasteiger partial charge in [-0.25, -0.2) is 0 Å². The van der Waals surface area contributed by atoms with Crippen molar-refractivity contribution in [1.82, 2.24) is 5.32 Å². The maximum absolute atomic E-state index is 11.9. The van der Waals surface area contributed by atoms with E-state index in [1.165, 1.54) is 11.8 Å². The van der Waals surface area contributed by atoms with Crippen LogP contribution in [0.4, 0.5) is 11.4 Å². The predicted molar refractivity (Wildman–Crippen MR) is 90.2 cm³/mol. The minimum absolute atomic E-state index is 0.000168. The first-order valence-corrected chi connectivity index (χ1v) is 8.25. The van der Waals surface area contributed by atoms with E-state index in [1.807, 2.05) is 19.9 Å². The lowest BCUT2D eigenvalue weighted by Gasteiger charge is -2.18. The number of fused-ring (bicyclic) bond motifs is 1. The van der Waals surface area contributed by atoms with Crippen molar-refractivity contribution in [3.05, 3.63) is 18.2 Å². The van der Waals surface area contributed by atoms with Crippen molar-refractivity contribution in [3.8, 4) is 0 Å². The number of nitrogens with two attached hydrogens (primary N) is 1. The Morgan fingerprint density at radius 2 is 2.13 bits per heavy atom. The van der Waals surface area contributed by atoms with Gasteiger partial charge in [-0.05, 0) is 24.1 Å². The zero-order valence-corrected chi connectivity index (χ0v) is 13.8. The second-order valence-corrected chi connectivity index (χ2v) is 6.60. The number of amides is 3. The van der Waals surface area contributed by atoms with Crippen molar-refractivity contribution in [2.45, 2.75) is 24.8 Å². The van der Waals surface area contributed by atoms with Crippen LogP contribution in [0.3, 0.4) is 0 Å². The Kier molecular flexibility index (Phi) is 5.62. The third-order valence-corrected chi connectivity index (χ3v) is 4.41. The Morgan fingerprint density at radius 1 is 1.39 bits per heavy atom. The number of anilines is 2. The molecular formula is C15H20N4O3S. The lowest BCUT2D eigenvalue weighted by atomic mass is 10.1. The summed E-state index contributed by atoms with van der Waals surface area (Å²) in [4.78, 5) is 35.9. The van der Waals surface area contributed by atoms with Crippen molar-refractivity contribution in [2.75, 3.05) is 22.9 Å². The van der Waals surface area contributed by atoms with Gasteiger partial charge in [0.25, 0.3) is 0 Å². The summed E-state index contributed by atoms with van der Waals surface area (Å²) < 4.78 is 0. The maximum Gasteiger partial charge on any atom is 0.243 e. The Labute approximate surface area is 138 Å². The number of carbonyl (C=O) groups is 3. The van der Waals surface area contributed by atoms with Crippen LogP contribution >= 0.6 is 11.8 Å². The molecule has 1 aromatic carbocycles. The zero-order chi connectivity index (χ0) is 17.0. The average molecular weight is 336 g/mol. The van der Waals surface area contributed by atoms with Gasteiger partial charge in [-0.15, -0.1) is 11.8 Å². The molecule has 0 spiro atoms. The molecule has 7 nitrogen and oxygen atoms in total. The summed E-state index contributed by atoms with van der Waals surface area (Å²) >= 11 is 1.45. The van der Waals surface area contributed by atoms with E-state index in [2.05, 4.69) is 16.0 Å². The van der Waals surface area contributed by atoms with E-state index in [1.54, 1.807) is 12.1 Å². The number of hydrogen-bond acceptors (Lipinski definition) is 5. The molecule has 1 aromatic rings. The number of benzene rings is 1. The Bertz CT molecular complexity index is 633. The summed E-state index contributed by atoms with van der Waals surface area (Å²) in [6, 6.07) is 4.64. The molecule has 1 aliphatic heterocycles. The van der Waals surface area contributed by atoms with Gasteiger partial charge in [-0.1, -0.05) is 13.8 Å². The van der Waals surface area contributed by atoms with Crippen LogP contribution in [0.15, 0.2) is 23.1 Å². The third kappa shape index (κ3) is 4.70. The van der Waals surface area contributed by atoms with Crippen molar-refractivity contribution >= 4 is 40.9 Å². The van der Waals surface area contributed by atoms with E-state index in [4.69, 9.17) is 5.73 Å². The normalized spacial score (nSPS) is 14.7. The number of rotatable bonds is 5. The van der Waals surface area contributed by atoms with E-state index in [0.717, 1.165) is 4.90 Å². The highest BCUT2D eigenvalue weighted by Gasteiger charge is 2.18. The van der Waals surface area contributed by atoms with Gasteiger partial charge in [-0.2, -0.15) is 0 Å². The highest BCUT2D eigenvalue weighted by molar-refractivity contribution is 8.00. The van der Waals surface area contributed by atoms with Gasteiger partial charge in [-0.3, -0.25) is 14.4 Å². The number of carbonyl (C=O) groups excluding carboxylic acids is 3. The molecule has 0 radical (unpaired) electrons. The second-order valence-electron chi connectivity index (χ2n) is 5.58. The van der Waals surface area contributed by atoms with Crippen molar-refractivity contribution in [2.24, 2.45) is 11.7 Å². The molecule has 0 aromatic heterocycles. The molecule has 1 atom stereocenters. The van der Waals surface area contributed by atoms with Crippen LogP contribution in [0, 0.1) is 5.92 Å². The predicted octanol–water partition coefficient (Wildman–Crippen LogP) is 0.769. The summed E-state index contributed by atoms with van der Waals surface area (Å²) in [5, 5.41) is 7.93. The highest BCUT2D eigenvalue weighted by atomic mass is 32.2. The molecule has 3 amide bonds. The van der Waals surface area contributed by atoms with Crippen LogP contribution in [-0.2, 0) is 14.4 Å². The first kappa shape index (κ1) is 17.3. The fourth-order valence-corrected chi connectivity index (χ4v) is 2.74. The van der Waals surface area contributed by atoms with Crippen molar-refractivity contribution in [1.29, 1.82) is 0 Å². The first-order chi connectivity index (χ1) is 10.9. The quantitative estimate of drug-likeness (QED) is 0.634. The molecule has 1 aliphatic rings. The molecule has 5 N–H and O–H groups in total. The molecule has 8 heteroatoms. The van der Waals surface area contributed by atoms with Gasteiger partial charge < -0.3 is 21.7 Å².